The number of benzene rings is 1. The van der Waals surface area contributed by atoms with E-state index in [1.807, 2.05) is 43.2 Å². The van der Waals surface area contributed by atoms with Crippen LogP contribution in [-0.4, -0.2) is 4.98 Å². The van der Waals surface area contributed by atoms with E-state index in [1.54, 1.807) is 18.3 Å². The fourth-order valence-electron chi connectivity index (χ4n) is 2.31. The second-order valence-electron chi connectivity index (χ2n) is 6.56. The standard InChI is InChI=1S/C12H10.C11H8ClN3.F6P.HI.Os/c1-3-7-11(8-4-1)12-9-5-2-6-10-12;12-9-6-7-13-11(8-9)15-14-10-4-2-1-3-5-10;1-7(2,3,4,5)6;;/h1-10H;1-8H;;1H;/q;;-1;;+2/p-1. The van der Waals surface area contributed by atoms with Gasteiger partial charge in [0.1, 0.15) is 0 Å². The third-order valence-electron chi connectivity index (χ3n) is 3.61. The van der Waals surface area contributed by atoms with Crippen molar-refractivity contribution in [1.29, 1.82) is 0 Å². The van der Waals surface area contributed by atoms with E-state index < -0.39 is 7.81 Å². The molecule has 0 atom stereocenters. The van der Waals surface area contributed by atoms with Crippen LogP contribution in [-0.2, 0) is 19.8 Å². The van der Waals surface area contributed by atoms with Gasteiger partial charge in [0.05, 0.1) is 5.69 Å². The first-order valence-electron chi connectivity index (χ1n) is 9.51. The van der Waals surface area contributed by atoms with Crippen molar-refractivity contribution in [3.8, 4) is 0 Å². The molecule has 0 spiro atoms. The normalized spacial score (nSPS) is 18.6. The molecule has 36 heavy (non-hydrogen) atoms. The van der Waals surface area contributed by atoms with Crippen LogP contribution in [0.15, 0.2) is 58.9 Å². The van der Waals surface area contributed by atoms with E-state index in [-0.39, 0.29) is 43.8 Å². The van der Waals surface area contributed by atoms with Crippen LogP contribution >= 0.6 is 19.4 Å². The Kier molecular flexibility index (Phi) is 15.1. The Morgan fingerprint density at radius 1 is 0.667 bits per heavy atom. The molecular formula is C23H18ClF6IN3OsP. The van der Waals surface area contributed by atoms with Crippen molar-refractivity contribution in [3.63, 3.8) is 0 Å². The molecule has 1 aromatic heterocycles. The van der Waals surface area contributed by atoms with Crippen LogP contribution in [0.25, 0.3) is 0 Å². The second-order valence-corrected chi connectivity index (χ2v) is 8.91. The first-order valence-corrected chi connectivity index (χ1v) is 11.9. The molecule has 0 bridgehead atoms. The summed E-state index contributed by atoms with van der Waals surface area (Å²) in [4.78, 5) is 4.01. The van der Waals surface area contributed by atoms with E-state index in [9.17, 15) is 25.2 Å². The molecule has 194 valence electrons. The molecule has 0 saturated heterocycles. The molecule has 2 aliphatic carbocycles. The molecule has 2 aliphatic rings. The molecule has 13 heteroatoms. The summed E-state index contributed by atoms with van der Waals surface area (Å²) in [5, 5.41) is 8.59. The van der Waals surface area contributed by atoms with Gasteiger partial charge in [-0.2, -0.15) is 0 Å². The van der Waals surface area contributed by atoms with Crippen molar-refractivity contribution in [1.82, 2.24) is 4.98 Å². The average molecular weight is 834 g/mol. The van der Waals surface area contributed by atoms with Gasteiger partial charge in [-0.1, -0.05) is 29.8 Å². The van der Waals surface area contributed by atoms with Crippen molar-refractivity contribution in [2.24, 2.45) is 10.2 Å². The molecule has 0 aliphatic heterocycles. The van der Waals surface area contributed by atoms with E-state index in [2.05, 4.69) is 66.6 Å². The fraction of sp³-hybridized carbons (Fsp3) is 0. The van der Waals surface area contributed by atoms with E-state index >= 15 is 0 Å². The maximum Gasteiger partial charge on any atom is 2.00 e. The molecule has 1 heterocycles. The predicted octanol–water partition coefficient (Wildman–Crippen LogP) is 6.74. The Balaban J connectivity index is 0.000000529. The number of rotatable bonds is 3. The molecule has 0 unspecified atom stereocenters. The number of hydrogen-bond donors (Lipinski definition) is 0. The Bertz CT molecular complexity index is 884. The summed E-state index contributed by atoms with van der Waals surface area (Å²) in [7, 11) is -10.7. The topological polar surface area (TPSA) is 37.6 Å². The summed E-state index contributed by atoms with van der Waals surface area (Å²) in [6.45, 7) is 0. The van der Waals surface area contributed by atoms with E-state index in [4.69, 9.17) is 11.6 Å². The molecule has 3 nitrogen and oxygen atoms in total. The zero-order valence-corrected chi connectivity index (χ0v) is 24.4. The van der Waals surface area contributed by atoms with Crippen LogP contribution in [0.5, 0.6) is 0 Å². The molecular weight excluding hydrogens is 816 g/mol. The molecule has 0 N–H and O–H groups in total. The smallest absolute Gasteiger partial charge is 1.00 e. The first-order chi connectivity index (χ1) is 15.8. The SMILES string of the molecule is Clc1ccnc(N=Nc2ccccc2)c1.F[P-](F)(F)(F)(F)F.[CH]1[CH][CH][C]([C]2[CH][CH][CH][CH][CH]2)[CH][CH]1.[I-].[Os+2]. The second kappa shape index (κ2) is 15.3. The minimum absolute atomic E-state index is 0. The third-order valence-corrected chi connectivity index (χ3v) is 3.85. The van der Waals surface area contributed by atoms with Gasteiger partial charge in [0.15, 0.2) is 5.82 Å². The van der Waals surface area contributed by atoms with Crippen molar-refractivity contribution >= 4 is 30.9 Å². The van der Waals surface area contributed by atoms with E-state index in [0.29, 0.717) is 10.8 Å². The van der Waals surface area contributed by atoms with Gasteiger partial charge in [-0.15, -0.1) is 10.2 Å². The summed E-state index contributed by atoms with van der Waals surface area (Å²) < 4.78 is 59.2. The van der Waals surface area contributed by atoms with E-state index in [0.717, 1.165) is 5.69 Å². The van der Waals surface area contributed by atoms with Gasteiger partial charge in [0.25, 0.3) is 0 Å². The largest absolute Gasteiger partial charge is 2.00 e. The molecule has 12 radical (unpaired) electrons. The van der Waals surface area contributed by atoms with Gasteiger partial charge in [0.2, 0.25) is 0 Å². The Hall–Kier alpha value is -0.364. The first kappa shape index (κ1) is 35.6. The van der Waals surface area contributed by atoms with E-state index in [1.165, 1.54) is 11.8 Å². The van der Waals surface area contributed by atoms with Crippen molar-refractivity contribution in [2.45, 2.75) is 0 Å². The number of hydrogen-bond acceptors (Lipinski definition) is 3. The molecule has 1 aromatic carbocycles. The van der Waals surface area contributed by atoms with Gasteiger partial charge in [0, 0.05) is 17.3 Å². The van der Waals surface area contributed by atoms with Crippen LogP contribution in [0.4, 0.5) is 36.7 Å². The third kappa shape index (κ3) is 19.7. The molecule has 4 rings (SSSR count). The Labute approximate surface area is 243 Å². The van der Waals surface area contributed by atoms with Crippen molar-refractivity contribution < 1.29 is 68.9 Å². The maximum absolute atomic E-state index is 10.7. The van der Waals surface area contributed by atoms with Crippen LogP contribution in [0.1, 0.15) is 0 Å². The zero-order chi connectivity index (χ0) is 25.1. The monoisotopic (exact) mass is 835 g/mol. The van der Waals surface area contributed by atoms with Crippen LogP contribution in [0.2, 0.25) is 5.02 Å². The van der Waals surface area contributed by atoms with Crippen LogP contribution in [0.3, 0.4) is 0 Å². The van der Waals surface area contributed by atoms with Crippen molar-refractivity contribution in [3.05, 3.63) is 130 Å². The molecule has 2 saturated carbocycles. The van der Waals surface area contributed by atoms with Gasteiger partial charge >= 0.3 is 52.8 Å². The van der Waals surface area contributed by atoms with Crippen LogP contribution < -0.4 is 24.0 Å². The summed E-state index contributed by atoms with van der Waals surface area (Å²) in [5.41, 5.74) is 0.791. The summed E-state index contributed by atoms with van der Waals surface area (Å²) >= 11 is 5.78. The van der Waals surface area contributed by atoms with Gasteiger partial charge in [-0.3, -0.25) is 0 Å². The van der Waals surface area contributed by atoms with Gasteiger partial charge in [-0.25, -0.2) is 4.98 Å². The van der Waals surface area contributed by atoms with Crippen molar-refractivity contribution in [2.75, 3.05) is 0 Å². The van der Waals surface area contributed by atoms with Crippen LogP contribution in [0, 0.1) is 76.0 Å². The molecule has 2 fully saturated rings. The quantitative estimate of drug-likeness (QED) is 0.146. The minimum atomic E-state index is -10.7. The maximum atomic E-state index is 9.87. The van der Waals surface area contributed by atoms with Gasteiger partial charge in [-0.05, 0) is 94.2 Å². The number of azo groups is 1. The Morgan fingerprint density at radius 2 is 1.11 bits per heavy atom. The minimum Gasteiger partial charge on any atom is -1.00 e. The number of pyridine rings is 1. The zero-order valence-electron chi connectivity index (χ0n) is 18.1. The average Bonchev–Trinajstić information content (AvgIpc) is 2.78. The van der Waals surface area contributed by atoms with Gasteiger partial charge < -0.3 is 24.0 Å². The molecule has 0 amide bonds. The number of halogens is 8. The molecule has 2 aromatic rings. The summed E-state index contributed by atoms with van der Waals surface area (Å²) in [6.07, 6.45) is 22.4. The Morgan fingerprint density at radius 3 is 1.53 bits per heavy atom. The summed E-state index contributed by atoms with van der Waals surface area (Å²) in [6, 6.07) is 12.8. The number of nitrogens with zero attached hydrogens (tertiary/aromatic N) is 3. The summed E-state index contributed by atoms with van der Waals surface area (Å²) in [5.74, 6) is 3.06. The number of aromatic nitrogens is 1. The predicted molar refractivity (Wildman–Crippen MR) is 123 cm³/mol. The fourth-order valence-corrected chi connectivity index (χ4v) is 2.47.